The van der Waals surface area contributed by atoms with E-state index in [2.05, 4.69) is 38.1 Å². The van der Waals surface area contributed by atoms with Crippen LogP contribution in [-0.4, -0.2) is 70.7 Å². The highest BCUT2D eigenvalue weighted by Gasteiger charge is 2.44. The van der Waals surface area contributed by atoms with E-state index in [1.165, 1.54) is 17.2 Å². The van der Waals surface area contributed by atoms with Crippen LogP contribution in [-0.2, 0) is 36.3 Å². The van der Waals surface area contributed by atoms with Gasteiger partial charge in [-0.25, -0.2) is 28.6 Å². The molecular weight excluding hydrogens is 555 g/mol. The van der Waals surface area contributed by atoms with Gasteiger partial charge in [0.1, 0.15) is 30.4 Å². The Morgan fingerprint density at radius 2 is 1.94 bits per heavy atom. The van der Waals surface area contributed by atoms with Crippen molar-refractivity contribution in [2.24, 2.45) is 10.8 Å². The average Bonchev–Trinajstić information content (AvgIpc) is 3.34. The van der Waals surface area contributed by atoms with E-state index in [-0.39, 0.29) is 29.9 Å². The number of ether oxygens (including phenoxy) is 2. The SMILES string of the molecule is [N-]=[N+]=NC(CN)OC1C[C@H](n2cnc3c(N)ncnc32)O[C@@H]1COP(=O)(O)OP(=O)(O)OP(=O)(O)O. The molecule has 1 fully saturated rings. The molecule has 0 spiro atoms. The highest BCUT2D eigenvalue weighted by molar-refractivity contribution is 7.66. The summed E-state index contributed by atoms with van der Waals surface area (Å²) in [4.78, 5) is 50.9. The number of fused-ring (bicyclic) bond motifs is 1. The molecule has 0 aliphatic carbocycles. The minimum Gasteiger partial charge on any atom is -0.382 e. The topological polar surface area (TPSA) is 323 Å². The maximum absolute atomic E-state index is 12.1. The third kappa shape index (κ3) is 7.48. The molecule has 0 radical (unpaired) electrons. The minimum absolute atomic E-state index is 0.0250. The van der Waals surface area contributed by atoms with E-state index in [0.717, 1.165) is 0 Å². The quantitative estimate of drug-likeness (QED) is 0.0840. The van der Waals surface area contributed by atoms with Crippen molar-refractivity contribution < 1.29 is 55.9 Å². The Morgan fingerprint density at radius 1 is 1.22 bits per heavy atom. The Kier molecular flexibility index (Phi) is 8.82. The lowest BCUT2D eigenvalue weighted by Crippen LogP contribution is -2.34. The summed E-state index contributed by atoms with van der Waals surface area (Å²) in [6.45, 7) is -1.05. The molecule has 200 valence electrons. The van der Waals surface area contributed by atoms with Gasteiger partial charge < -0.3 is 40.5 Å². The van der Waals surface area contributed by atoms with Crippen LogP contribution in [0.5, 0.6) is 0 Å². The molecule has 1 saturated heterocycles. The minimum atomic E-state index is -5.72. The summed E-state index contributed by atoms with van der Waals surface area (Å²) in [7, 11) is -16.7. The molecule has 0 aromatic carbocycles. The number of hydrogen-bond donors (Lipinski definition) is 6. The second kappa shape index (κ2) is 11.1. The van der Waals surface area contributed by atoms with Crippen LogP contribution in [0.25, 0.3) is 21.6 Å². The predicted octanol–water partition coefficient (Wildman–Crippen LogP) is 0.0196. The summed E-state index contributed by atoms with van der Waals surface area (Å²) >= 11 is 0. The van der Waals surface area contributed by atoms with Gasteiger partial charge in [0.05, 0.1) is 19.0 Å². The molecule has 3 heterocycles. The standard InChI is InChI=1S/C12H20N9O12P3/c13-2-8(19-20-15)30-6-1-9(21-5-18-10-11(14)16-4-17-12(10)21)31-7(6)3-29-35(25,26)33-36(27,28)32-34(22,23)24/h4-9H,1-3,13H2,(H,25,26)(H,27,28)(H2,14,16,17)(H2,22,23,24)/t6?,7-,8?,9-/m1/s1. The van der Waals surface area contributed by atoms with E-state index < -0.39 is 54.7 Å². The summed E-state index contributed by atoms with van der Waals surface area (Å²) in [5.74, 6) is 0.0975. The molecule has 1 aliphatic rings. The number of nitrogen functional groups attached to an aromatic ring is 1. The number of nitrogens with zero attached hydrogens (tertiary/aromatic N) is 7. The van der Waals surface area contributed by atoms with Gasteiger partial charge in [-0.15, -0.1) is 0 Å². The smallest absolute Gasteiger partial charge is 0.382 e. The van der Waals surface area contributed by atoms with Crippen LogP contribution in [0.15, 0.2) is 17.8 Å². The van der Waals surface area contributed by atoms with Gasteiger partial charge in [-0.3, -0.25) is 9.09 Å². The van der Waals surface area contributed by atoms with E-state index >= 15 is 0 Å². The number of rotatable bonds is 12. The number of phosphoric ester groups is 1. The molecule has 21 nitrogen and oxygen atoms in total. The maximum Gasteiger partial charge on any atom is 0.490 e. The van der Waals surface area contributed by atoms with Crippen molar-refractivity contribution in [2.75, 3.05) is 18.9 Å². The second-order valence-corrected chi connectivity index (χ2v) is 11.3. The van der Waals surface area contributed by atoms with E-state index in [1.54, 1.807) is 0 Å². The Morgan fingerprint density at radius 3 is 2.58 bits per heavy atom. The Hall–Kier alpha value is -2.05. The monoisotopic (exact) mass is 575 g/mol. The van der Waals surface area contributed by atoms with Crippen molar-refractivity contribution >= 4 is 40.4 Å². The van der Waals surface area contributed by atoms with Gasteiger partial charge in [-0.2, -0.15) is 8.62 Å². The van der Waals surface area contributed by atoms with Crippen molar-refractivity contribution in [3.8, 4) is 0 Å². The van der Waals surface area contributed by atoms with Crippen LogP contribution >= 0.6 is 23.5 Å². The van der Waals surface area contributed by atoms with Crippen LogP contribution in [0.2, 0.25) is 0 Å². The first-order valence-electron chi connectivity index (χ1n) is 9.50. The van der Waals surface area contributed by atoms with Crippen LogP contribution in [0.1, 0.15) is 12.6 Å². The molecule has 2 aromatic rings. The summed E-state index contributed by atoms with van der Waals surface area (Å²) in [5.41, 5.74) is 20.5. The number of azide groups is 1. The zero-order valence-corrected chi connectivity index (χ0v) is 20.5. The number of nitrogens with two attached hydrogens (primary N) is 2. The number of phosphoric acid groups is 3. The molecule has 4 unspecified atom stereocenters. The molecule has 8 N–H and O–H groups in total. The summed E-state index contributed by atoms with van der Waals surface area (Å²) in [6.07, 6.45) is -1.65. The lowest BCUT2D eigenvalue weighted by atomic mass is 10.2. The summed E-state index contributed by atoms with van der Waals surface area (Å²) < 4.78 is 59.3. The van der Waals surface area contributed by atoms with E-state index in [4.69, 9.17) is 36.3 Å². The van der Waals surface area contributed by atoms with Gasteiger partial charge in [0.15, 0.2) is 11.5 Å². The third-order valence-electron chi connectivity index (χ3n) is 4.41. The van der Waals surface area contributed by atoms with Gasteiger partial charge in [0.25, 0.3) is 0 Å². The Labute approximate surface area is 200 Å². The van der Waals surface area contributed by atoms with Gasteiger partial charge in [-0.1, -0.05) is 5.11 Å². The maximum atomic E-state index is 12.1. The highest BCUT2D eigenvalue weighted by Crippen LogP contribution is 2.66. The van der Waals surface area contributed by atoms with Crippen LogP contribution in [0, 0.1) is 0 Å². The van der Waals surface area contributed by atoms with Crippen LogP contribution in [0.4, 0.5) is 5.82 Å². The number of aromatic nitrogens is 4. The Bertz CT molecular complexity index is 1280. The first-order valence-corrected chi connectivity index (χ1v) is 14.0. The summed E-state index contributed by atoms with van der Waals surface area (Å²) in [5, 5.41) is 3.37. The van der Waals surface area contributed by atoms with Crippen molar-refractivity contribution in [3.63, 3.8) is 0 Å². The first-order chi connectivity index (χ1) is 16.7. The molecule has 24 heteroatoms. The van der Waals surface area contributed by atoms with Crippen LogP contribution in [0.3, 0.4) is 0 Å². The van der Waals surface area contributed by atoms with E-state index in [1.807, 2.05) is 0 Å². The van der Waals surface area contributed by atoms with Crippen molar-refractivity contribution in [3.05, 3.63) is 23.1 Å². The van der Waals surface area contributed by atoms with Crippen molar-refractivity contribution in [2.45, 2.75) is 31.1 Å². The fraction of sp³-hybridized carbons (Fsp3) is 0.583. The van der Waals surface area contributed by atoms with Gasteiger partial charge in [-0.05, 0) is 5.53 Å². The molecule has 0 amide bonds. The van der Waals surface area contributed by atoms with Gasteiger partial charge in [0.2, 0.25) is 0 Å². The van der Waals surface area contributed by atoms with Crippen molar-refractivity contribution in [1.29, 1.82) is 0 Å². The zero-order valence-electron chi connectivity index (χ0n) is 17.8. The first kappa shape index (κ1) is 28.5. The Balaban J connectivity index is 1.79. The van der Waals surface area contributed by atoms with E-state index in [9.17, 15) is 23.5 Å². The third-order valence-corrected chi connectivity index (χ3v) is 8.21. The molecule has 1 aliphatic heterocycles. The second-order valence-electron chi connectivity index (χ2n) is 6.90. The molecule has 2 aromatic heterocycles. The largest absolute Gasteiger partial charge is 0.490 e. The molecule has 0 bridgehead atoms. The number of imidazole rings is 1. The fourth-order valence-electron chi connectivity index (χ4n) is 3.11. The predicted molar refractivity (Wildman–Crippen MR) is 115 cm³/mol. The average molecular weight is 575 g/mol. The lowest BCUT2D eigenvalue weighted by Gasteiger charge is -2.23. The number of hydrogen-bond acceptors (Lipinski definition) is 14. The molecule has 36 heavy (non-hydrogen) atoms. The van der Waals surface area contributed by atoms with Crippen LogP contribution < -0.4 is 11.5 Å². The highest BCUT2D eigenvalue weighted by atomic mass is 31.3. The lowest BCUT2D eigenvalue weighted by molar-refractivity contribution is -0.0763. The molecule has 6 atom stereocenters. The van der Waals surface area contributed by atoms with Crippen molar-refractivity contribution in [1.82, 2.24) is 19.5 Å². The fourth-order valence-corrected chi connectivity index (χ4v) is 6.14. The van der Waals surface area contributed by atoms with E-state index in [0.29, 0.717) is 0 Å². The summed E-state index contributed by atoms with van der Waals surface area (Å²) in [6, 6.07) is 0. The molecular formula is C12H20N9O12P3. The zero-order chi connectivity index (χ0) is 26.7. The molecule has 3 rings (SSSR count). The normalized spacial score (nSPS) is 24.6. The van der Waals surface area contributed by atoms with Gasteiger partial charge in [0, 0.05) is 17.9 Å². The molecule has 0 saturated carbocycles. The number of anilines is 1. The van der Waals surface area contributed by atoms with Gasteiger partial charge >= 0.3 is 23.5 Å².